The zero-order chi connectivity index (χ0) is 52.1. The fourth-order valence-electron chi connectivity index (χ4n) is 13.6. The molecule has 1 aromatic heterocycles. The highest BCUT2D eigenvalue weighted by Gasteiger charge is 2.54. The SMILES string of the molecule is C.C.C.C.CC1(C)OB(c2ccc(C34CC5CC(CC(C5)C3)C4)cc2)OC1(C)C.CCC.CCCC.CCc1cc(CC)nc(-c2ccccc2)n1.O=S(=O)(Oc1ccc(C23CC4CC(CC(C4)C2)C3)cc1)C(F)(F)F. The summed E-state index contributed by atoms with van der Waals surface area (Å²) >= 11 is 0. The molecule has 12 heteroatoms. The highest BCUT2D eigenvalue weighted by molar-refractivity contribution is 7.88. The number of hydrogen-bond acceptors (Lipinski definition) is 7. The fourth-order valence-corrected chi connectivity index (χ4v) is 14.0. The van der Waals surface area contributed by atoms with Crippen molar-refractivity contribution >= 4 is 22.7 Å². The van der Waals surface area contributed by atoms with E-state index in [1.165, 1.54) is 89.2 Å². The molecule has 1 aliphatic heterocycles. The Labute approximate surface area is 461 Å². The van der Waals surface area contributed by atoms with E-state index >= 15 is 0 Å². The summed E-state index contributed by atoms with van der Waals surface area (Å²) in [5, 5.41) is 0. The van der Waals surface area contributed by atoms with Gasteiger partial charge in [-0.15, -0.1) is 0 Å². The number of nitrogens with zero attached hydrogens (tertiary/aromatic N) is 2. The number of benzene rings is 3. The molecule has 0 unspecified atom stereocenters. The van der Waals surface area contributed by atoms with Crippen LogP contribution in [0.1, 0.15) is 218 Å². The monoisotopic (exact) mass is 1080 g/mol. The summed E-state index contributed by atoms with van der Waals surface area (Å²) in [7, 11) is -5.85. The van der Waals surface area contributed by atoms with Crippen LogP contribution in [0.5, 0.6) is 5.75 Å². The largest absolute Gasteiger partial charge is 0.534 e. The molecule has 13 rings (SSSR count). The first-order chi connectivity index (χ1) is 34.1. The van der Waals surface area contributed by atoms with Crippen LogP contribution < -0.4 is 9.65 Å². The Bertz CT molecular complexity index is 2370. The molecule has 9 fully saturated rings. The summed E-state index contributed by atoms with van der Waals surface area (Å²) in [5.74, 6) is 5.82. The lowest BCUT2D eigenvalue weighted by Gasteiger charge is -2.57. The molecule has 1 saturated heterocycles. The van der Waals surface area contributed by atoms with Crippen LogP contribution in [-0.2, 0) is 43.1 Å². The van der Waals surface area contributed by atoms with Gasteiger partial charge in [-0.25, -0.2) is 9.97 Å². The van der Waals surface area contributed by atoms with Crippen molar-refractivity contribution in [2.75, 3.05) is 0 Å². The topological polar surface area (TPSA) is 87.6 Å². The normalized spacial score (nSPS) is 27.3. The van der Waals surface area contributed by atoms with E-state index in [4.69, 9.17) is 9.31 Å². The predicted molar refractivity (Wildman–Crippen MR) is 314 cm³/mol. The van der Waals surface area contributed by atoms with Crippen molar-refractivity contribution in [3.8, 4) is 17.1 Å². The first kappa shape index (κ1) is 66.5. The van der Waals surface area contributed by atoms with Crippen LogP contribution in [0.2, 0.25) is 0 Å². The summed E-state index contributed by atoms with van der Waals surface area (Å²) in [5.41, 5.74) is 1.82. The highest BCUT2D eigenvalue weighted by Crippen LogP contribution is 2.62. The Balaban J connectivity index is 0.000000281. The van der Waals surface area contributed by atoms with E-state index in [1.807, 2.05) is 30.3 Å². The second kappa shape index (κ2) is 27.4. The minimum atomic E-state index is -5.61. The smallest absolute Gasteiger partial charge is 0.399 e. The van der Waals surface area contributed by atoms with Crippen molar-refractivity contribution in [1.82, 2.24) is 9.97 Å². The van der Waals surface area contributed by atoms with Gasteiger partial charge in [-0.05, 0) is 199 Å². The quantitative estimate of drug-likeness (QED) is 0.0937. The third kappa shape index (κ3) is 15.3. The molecule has 0 spiro atoms. The minimum absolute atomic E-state index is 0. The predicted octanol–water partition coefficient (Wildman–Crippen LogP) is 17.9. The molecule has 0 N–H and O–H groups in total. The highest BCUT2D eigenvalue weighted by atomic mass is 32.2. The Morgan fingerprint density at radius 1 is 0.566 bits per heavy atom. The van der Waals surface area contributed by atoms with E-state index in [2.05, 4.69) is 114 Å². The molecule has 8 saturated carbocycles. The average molecular weight is 1080 g/mol. The van der Waals surface area contributed by atoms with Gasteiger partial charge in [0.15, 0.2) is 5.82 Å². The molecule has 9 aliphatic rings. The number of aryl methyl sites for hydroxylation is 2. The zero-order valence-electron chi connectivity index (χ0n) is 45.1. The molecule has 3 aromatic carbocycles. The van der Waals surface area contributed by atoms with Gasteiger partial charge in [0.2, 0.25) is 0 Å². The molecule has 8 bridgehead atoms. The third-order valence-electron chi connectivity index (χ3n) is 17.2. The molecule has 0 atom stereocenters. The zero-order valence-corrected chi connectivity index (χ0v) is 45.9. The summed E-state index contributed by atoms with van der Waals surface area (Å²) in [6.45, 7) is 21.3. The summed E-state index contributed by atoms with van der Waals surface area (Å²) < 4.78 is 76.0. The number of aromatic nitrogens is 2. The number of hydrogen-bond donors (Lipinski definition) is 0. The van der Waals surface area contributed by atoms with Crippen LogP contribution >= 0.6 is 0 Å². The van der Waals surface area contributed by atoms with Gasteiger partial charge in [0, 0.05) is 17.0 Å². The van der Waals surface area contributed by atoms with Gasteiger partial charge in [-0.1, -0.05) is 157 Å². The Morgan fingerprint density at radius 3 is 1.22 bits per heavy atom. The van der Waals surface area contributed by atoms with Gasteiger partial charge in [0.05, 0.1) is 11.2 Å². The van der Waals surface area contributed by atoms with E-state index in [1.54, 1.807) is 17.7 Å². The first-order valence-electron chi connectivity index (χ1n) is 27.6. The van der Waals surface area contributed by atoms with Crippen molar-refractivity contribution in [3.63, 3.8) is 0 Å². The van der Waals surface area contributed by atoms with Crippen molar-refractivity contribution in [2.24, 2.45) is 35.5 Å². The number of rotatable bonds is 9. The maximum absolute atomic E-state index is 12.4. The summed E-state index contributed by atoms with van der Waals surface area (Å²) in [6, 6.07) is 27.7. The Hall–Kier alpha value is -3.74. The van der Waals surface area contributed by atoms with E-state index in [-0.39, 0.29) is 59.2 Å². The van der Waals surface area contributed by atoms with Crippen molar-refractivity contribution in [3.05, 3.63) is 107 Å². The molecule has 0 radical (unpaired) electrons. The van der Waals surface area contributed by atoms with Crippen molar-refractivity contribution in [1.29, 1.82) is 0 Å². The van der Waals surface area contributed by atoms with Crippen LogP contribution in [0.3, 0.4) is 0 Å². The molecule has 426 valence electrons. The fraction of sp³-hybridized carbons (Fsp3) is 0.656. The summed E-state index contributed by atoms with van der Waals surface area (Å²) in [6.07, 6.45) is 21.9. The van der Waals surface area contributed by atoms with Crippen LogP contribution in [0, 0.1) is 35.5 Å². The van der Waals surface area contributed by atoms with E-state index in [0.29, 0.717) is 5.41 Å². The van der Waals surface area contributed by atoms with Gasteiger partial charge in [0.1, 0.15) is 5.75 Å². The third-order valence-corrected chi connectivity index (χ3v) is 18.1. The first-order valence-corrected chi connectivity index (χ1v) is 29.0. The molecule has 76 heavy (non-hydrogen) atoms. The number of halogens is 3. The van der Waals surface area contributed by atoms with Gasteiger partial charge in [0.25, 0.3) is 0 Å². The maximum Gasteiger partial charge on any atom is 0.534 e. The maximum atomic E-state index is 12.4. The lowest BCUT2D eigenvalue weighted by atomic mass is 9.48. The molecule has 0 amide bonds. The van der Waals surface area contributed by atoms with Gasteiger partial charge in [-0.3, -0.25) is 0 Å². The van der Waals surface area contributed by atoms with Crippen molar-refractivity contribution < 1.29 is 35.1 Å². The molecule has 7 nitrogen and oxygen atoms in total. The standard InChI is InChI=1S/C22H31BO2.C17H19F3O3S.C14H16N2.C4H10.C3H8.4CH4/c1-20(2)21(3,4)25-23(24-20)19-7-5-18(6-8-19)22-12-15-9-16(13-22)11-17(10-15)14-22;18-17(19,20)24(21,22)23-15-3-1-14(2-4-15)16-8-11-5-12(9-16)7-13(6-11)10-16;1-3-12-10-13(4-2)16-14(15-12)11-8-6-5-7-9-11;1-3-4-2;1-3-2;;;;/h5-8,15-17H,9-14H2,1-4H3;1-4,11-13H,5-10H2;5-10H,3-4H2,1-2H3;3-4H2,1-2H3;3H2,1-2H3;4*1H4. The van der Waals surface area contributed by atoms with Gasteiger partial charge >= 0.3 is 22.7 Å². The molecule has 4 aromatic rings. The van der Waals surface area contributed by atoms with Crippen LogP contribution in [0.15, 0.2) is 84.9 Å². The molecule has 2 heterocycles. The van der Waals surface area contributed by atoms with Crippen LogP contribution in [-0.4, -0.2) is 42.2 Å². The van der Waals surface area contributed by atoms with Crippen molar-refractivity contribution in [2.45, 2.75) is 236 Å². The Kier molecular flexibility index (Phi) is 24.0. The number of unbranched alkanes of at least 4 members (excludes halogenated alkanes) is 1. The number of alkyl halides is 3. The van der Waals surface area contributed by atoms with E-state index in [0.717, 1.165) is 101 Å². The van der Waals surface area contributed by atoms with Crippen LogP contribution in [0.25, 0.3) is 11.4 Å². The van der Waals surface area contributed by atoms with Gasteiger partial charge < -0.3 is 13.5 Å². The molecular formula is C64H100BF3N2O5S. The second-order valence-corrected chi connectivity index (χ2v) is 25.1. The Morgan fingerprint density at radius 2 is 0.908 bits per heavy atom. The molecular weight excluding hydrogens is 977 g/mol. The molecule has 8 aliphatic carbocycles. The van der Waals surface area contributed by atoms with E-state index in [9.17, 15) is 21.6 Å². The second-order valence-electron chi connectivity index (χ2n) is 23.6. The summed E-state index contributed by atoms with van der Waals surface area (Å²) in [4.78, 5) is 9.12. The lowest BCUT2D eigenvalue weighted by Crippen LogP contribution is -2.48. The average Bonchev–Trinajstić information content (AvgIpc) is 3.56. The lowest BCUT2D eigenvalue weighted by molar-refractivity contribution is -0.0500. The van der Waals surface area contributed by atoms with Gasteiger partial charge in [-0.2, -0.15) is 21.6 Å². The van der Waals surface area contributed by atoms with E-state index < -0.39 is 15.6 Å². The minimum Gasteiger partial charge on any atom is -0.399 e. The van der Waals surface area contributed by atoms with Crippen LogP contribution in [0.4, 0.5) is 13.2 Å².